The monoisotopic (exact) mass is 309 g/mol. The van der Waals surface area contributed by atoms with Crippen LogP contribution in [0.15, 0.2) is 18.2 Å². The van der Waals surface area contributed by atoms with Gasteiger partial charge in [0.05, 0.1) is 10.6 Å². The molecule has 3 rings (SSSR count). The van der Waals surface area contributed by atoms with Gasteiger partial charge in [0.15, 0.2) is 0 Å². The van der Waals surface area contributed by atoms with Gasteiger partial charge in [0.2, 0.25) is 0 Å². The molecule has 0 aliphatic carbocycles. The van der Waals surface area contributed by atoms with Gasteiger partial charge in [-0.2, -0.15) is 0 Å². The summed E-state index contributed by atoms with van der Waals surface area (Å²) in [6.07, 6.45) is 3.97. The maximum absolute atomic E-state index is 6.28. The summed E-state index contributed by atoms with van der Waals surface area (Å²) in [5, 5.41) is 0.654. The molecule has 2 fully saturated rings. The van der Waals surface area contributed by atoms with Crippen molar-refractivity contribution < 1.29 is 0 Å². The lowest BCUT2D eigenvalue weighted by Gasteiger charge is -2.45. The van der Waals surface area contributed by atoms with Gasteiger partial charge in [0.1, 0.15) is 4.99 Å². The van der Waals surface area contributed by atoms with E-state index in [-0.39, 0.29) is 0 Å². The van der Waals surface area contributed by atoms with Crippen LogP contribution in [0.2, 0.25) is 5.02 Å². The van der Waals surface area contributed by atoms with Crippen LogP contribution in [-0.2, 0) is 0 Å². The van der Waals surface area contributed by atoms with Crippen LogP contribution in [0.4, 0.5) is 5.69 Å². The Morgan fingerprint density at radius 3 is 2.90 bits per heavy atom. The predicted octanol–water partition coefficient (Wildman–Crippen LogP) is 2.65. The first-order valence-electron chi connectivity index (χ1n) is 7.24. The largest absolute Gasteiger partial charge is 0.389 e. The number of nitrogens with zero attached hydrogens (tertiary/aromatic N) is 2. The first-order valence-corrected chi connectivity index (χ1v) is 8.03. The number of thiocarbonyl (C=S) groups is 1. The molecule has 0 amide bonds. The summed E-state index contributed by atoms with van der Waals surface area (Å²) in [6, 6.07) is 6.58. The van der Waals surface area contributed by atoms with Crippen molar-refractivity contribution in [2.75, 3.05) is 31.1 Å². The summed E-state index contributed by atoms with van der Waals surface area (Å²) in [5.41, 5.74) is 7.78. The number of nitrogens with two attached hydrogens (primary N) is 1. The highest BCUT2D eigenvalue weighted by molar-refractivity contribution is 7.80. The molecule has 0 saturated carbocycles. The topological polar surface area (TPSA) is 32.5 Å². The fourth-order valence-corrected chi connectivity index (χ4v) is 3.94. The van der Waals surface area contributed by atoms with Crippen LogP contribution in [0, 0.1) is 0 Å². The van der Waals surface area contributed by atoms with Crippen molar-refractivity contribution in [3.63, 3.8) is 0 Å². The number of piperidine rings is 1. The average molecular weight is 310 g/mol. The number of rotatable bonds is 2. The van der Waals surface area contributed by atoms with Crippen molar-refractivity contribution in [3.05, 3.63) is 28.8 Å². The summed E-state index contributed by atoms with van der Waals surface area (Å²) < 4.78 is 0. The number of hydrogen-bond donors (Lipinski definition) is 1. The molecule has 2 aliphatic heterocycles. The van der Waals surface area contributed by atoms with Gasteiger partial charge in [-0.05, 0) is 31.5 Å². The highest BCUT2D eigenvalue weighted by Gasteiger charge is 2.30. The molecule has 2 N–H and O–H groups in total. The highest BCUT2D eigenvalue weighted by Crippen LogP contribution is 2.31. The molecule has 3 nitrogen and oxygen atoms in total. The number of piperazine rings is 1. The van der Waals surface area contributed by atoms with Crippen molar-refractivity contribution in [1.29, 1.82) is 0 Å². The summed E-state index contributed by atoms with van der Waals surface area (Å²) in [7, 11) is 0. The molecule has 1 aromatic rings. The van der Waals surface area contributed by atoms with Crippen LogP contribution < -0.4 is 10.6 Å². The molecule has 2 heterocycles. The normalized spacial score (nSPS) is 23.4. The SMILES string of the molecule is NC(=S)c1c(Cl)cccc1N1CCN2CCCCC2C1. The molecule has 5 heteroatoms. The number of anilines is 1. The van der Waals surface area contributed by atoms with Gasteiger partial charge in [0, 0.05) is 31.4 Å². The fourth-order valence-electron chi connectivity index (χ4n) is 3.39. The van der Waals surface area contributed by atoms with Crippen LogP contribution in [-0.4, -0.2) is 42.1 Å². The maximum atomic E-state index is 6.28. The van der Waals surface area contributed by atoms with E-state index in [0.29, 0.717) is 16.1 Å². The fraction of sp³-hybridized carbons (Fsp3) is 0.533. The molecule has 2 saturated heterocycles. The number of benzene rings is 1. The van der Waals surface area contributed by atoms with Crippen molar-refractivity contribution in [3.8, 4) is 0 Å². The minimum absolute atomic E-state index is 0.386. The smallest absolute Gasteiger partial charge is 0.107 e. The lowest BCUT2D eigenvalue weighted by atomic mass is 9.98. The molecule has 0 spiro atoms. The summed E-state index contributed by atoms with van der Waals surface area (Å²) >= 11 is 11.5. The molecule has 2 aliphatic rings. The molecule has 1 atom stereocenters. The predicted molar refractivity (Wildman–Crippen MR) is 88.8 cm³/mol. The third-order valence-corrected chi connectivity index (χ3v) is 4.94. The van der Waals surface area contributed by atoms with Crippen LogP contribution >= 0.6 is 23.8 Å². The zero-order valence-corrected chi connectivity index (χ0v) is 13.1. The van der Waals surface area contributed by atoms with Gasteiger partial charge < -0.3 is 10.6 Å². The zero-order valence-electron chi connectivity index (χ0n) is 11.5. The third-order valence-electron chi connectivity index (χ3n) is 4.42. The second-order valence-electron chi connectivity index (χ2n) is 5.63. The minimum Gasteiger partial charge on any atom is -0.389 e. The Kier molecular flexibility index (Phi) is 4.15. The lowest BCUT2D eigenvalue weighted by molar-refractivity contribution is 0.133. The molecule has 1 aromatic carbocycles. The van der Waals surface area contributed by atoms with Crippen molar-refractivity contribution >= 4 is 34.5 Å². The van der Waals surface area contributed by atoms with Crippen molar-refractivity contribution in [2.24, 2.45) is 5.73 Å². The highest BCUT2D eigenvalue weighted by atomic mass is 35.5. The van der Waals surface area contributed by atoms with E-state index in [0.717, 1.165) is 30.9 Å². The Balaban J connectivity index is 1.86. The molecule has 108 valence electrons. The first-order chi connectivity index (χ1) is 9.66. The van der Waals surface area contributed by atoms with Crippen LogP contribution in [0.3, 0.4) is 0 Å². The van der Waals surface area contributed by atoms with Gasteiger partial charge >= 0.3 is 0 Å². The van der Waals surface area contributed by atoms with Crippen LogP contribution in [0.5, 0.6) is 0 Å². The molecule has 1 unspecified atom stereocenters. The van der Waals surface area contributed by atoms with E-state index in [2.05, 4.69) is 15.9 Å². The molecular formula is C15H20ClN3S. The number of fused-ring (bicyclic) bond motifs is 1. The Hall–Kier alpha value is -0.840. The van der Waals surface area contributed by atoms with Gasteiger partial charge in [-0.1, -0.05) is 36.3 Å². The second kappa shape index (κ2) is 5.88. The molecule has 0 aromatic heterocycles. The average Bonchev–Trinajstić information content (AvgIpc) is 2.46. The molecule has 20 heavy (non-hydrogen) atoms. The van der Waals surface area contributed by atoms with E-state index in [4.69, 9.17) is 29.6 Å². The maximum Gasteiger partial charge on any atom is 0.107 e. The van der Waals surface area contributed by atoms with E-state index in [9.17, 15) is 0 Å². The third kappa shape index (κ3) is 2.65. The standard InChI is InChI=1S/C15H20ClN3S/c16-12-5-3-6-13(14(12)15(17)20)19-9-8-18-7-2-1-4-11(18)10-19/h3,5-6,11H,1-2,4,7-10H2,(H2,17,20). The van der Waals surface area contributed by atoms with Crippen LogP contribution in [0.25, 0.3) is 0 Å². The number of halogens is 1. The van der Waals surface area contributed by atoms with Gasteiger partial charge in [-0.3, -0.25) is 4.90 Å². The summed E-state index contributed by atoms with van der Waals surface area (Å²) in [4.78, 5) is 5.40. The zero-order chi connectivity index (χ0) is 14.1. The molecular weight excluding hydrogens is 290 g/mol. The minimum atomic E-state index is 0.386. The molecule has 0 radical (unpaired) electrons. The summed E-state index contributed by atoms with van der Waals surface area (Å²) in [6.45, 7) is 4.44. The molecule has 0 bridgehead atoms. The van der Waals surface area contributed by atoms with E-state index >= 15 is 0 Å². The van der Waals surface area contributed by atoms with E-state index in [1.165, 1.54) is 25.8 Å². The van der Waals surface area contributed by atoms with E-state index < -0.39 is 0 Å². The van der Waals surface area contributed by atoms with E-state index in [1.54, 1.807) is 0 Å². The van der Waals surface area contributed by atoms with Crippen LogP contribution in [0.1, 0.15) is 24.8 Å². The Morgan fingerprint density at radius 1 is 1.25 bits per heavy atom. The van der Waals surface area contributed by atoms with Crippen molar-refractivity contribution in [1.82, 2.24) is 4.90 Å². The summed E-state index contributed by atoms with van der Waals surface area (Å²) in [5.74, 6) is 0. The Morgan fingerprint density at radius 2 is 2.10 bits per heavy atom. The Labute approximate surface area is 130 Å². The van der Waals surface area contributed by atoms with Gasteiger partial charge in [0.25, 0.3) is 0 Å². The lowest BCUT2D eigenvalue weighted by Crippen LogP contribution is -2.55. The Bertz CT molecular complexity index is 520. The van der Waals surface area contributed by atoms with Gasteiger partial charge in [-0.15, -0.1) is 0 Å². The second-order valence-corrected chi connectivity index (χ2v) is 6.48. The number of hydrogen-bond acceptors (Lipinski definition) is 3. The quantitative estimate of drug-likeness (QED) is 0.851. The van der Waals surface area contributed by atoms with E-state index in [1.807, 2.05) is 12.1 Å². The first kappa shape index (κ1) is 14.1. The van der Waals surface area contributed by atoms with Gasteiger partial charge in [-0.25, -0.2) is 0 Å². The van der Waals surface area contributed by atoms with Crippen molar-refractivity contribution in [2.45, 2.75) is 25.3 Å².